The number of nitrogens with zero attached hydrogens (tertiary/aromatic N) is 2. The van der Waals surface area contributed by atoms with Crippen molar-refractivity contribution in [3.8, 4) is 26.8 Å². The maximum Gasteiger partial charge on any atom is 0.339 e. The van der Waals surface area contributed by atoms with Gasteiger partial charge in [-0.15, -0.1) is 11.3 Å². The number of aromatic hydroxyl groups is 1. The molecule has 0 spiro atoms. The average molecular weight is 350 g/mol. The van der Waals surface area contributed by atoms with E-state index in [-0.39, 0.29) is 5.56 Å². The second-order valence-corrected chi connectivity index (χ2v) is 6.89. The summed E-state index contributed by atoms with van der Waals surface area (Å²) in [4.78, 5) is 16.7. The van der Waals surface area contributed by atoms with E-state index in [9.17, 15) is 14.3 Å². The zero-order valence-corrected chi connectivity index (χ0v) is 13.8. The summed E-state index contributed by atoms with van der Waals surface area (Å²) in [6.45, 7) is 3.78. The lowest BCUT2D eigenvalue weighted by Crippen LogP contribution is -1.98. The molecule has 0 aliphatic carbocycles. The van der Waals surface area contributed by atoms with E-state index < -0.39 is 23.1 Å². The molecule has 3 rings (SSSR count). The summed E-state index contributed by atoms with van der Waals surface area (Å²) in [5.41, 5.74) is 1.20. The fraction of sp³-hybridized carbons (Fsp3) is 0.133. The lowest BCUT2D eigenvalue weighted by atomic mass is 10.1. The molecule has 0 aliphatic heterocycles. The van der Waals surface area contributed by atoms with Gasteiger partial charge in [0, 0.05) is 5.56 Å². The lowest BCUT2D eigenvalue weighted by molar-refractivity contribution is 0.0693. The van der Waals surface area contributed by atoms with E-state index in [1.165, 1.54) is 11.3 Å². The van der Waals surface area contributed by atoms with Crippen LogP contribution in [0.1, 0.15) is 21.1 Å². The standard InChI is InChI=1S/C15H11FN2O3S2/c1-6-14(22-7(2)17-6)11-5-13(23-18-11)8-4-12(19)9(15(20)21)3-10(8)16/h3-5,19H,1-2H3,(H,20,21). The minimum Gasteiger partial charge on any atom is -0.507 e. The molecule has 0 radical (unpaired) electrons. The van der Waals surface area contributed by atoms with Crippen molar-refractivity contribution in [1.29, 1.82) is 0 Å². The van der Waals surface area contributed by atoms with Crippen LogP contribution in [0.4, 0.5) is 4.39 Å². The van der Waals surface area contributed by atoms with Gasteiger partial charge in [0.1, 0.15) is 17.1 Å². The minimum absolute atomic E-state index is 0.121. The Morgan fingerprint density at radius 1 is 1.26 bits per heavy atom. The number of phenols is 1. The van der Waals surface area contributed by atoms with Crippen molar-refractivity contribution in [2.24, 2.45) is 0 Å². The Kier molecular flexibility index (Phi) is 3.87. The van der Waals surface area contributed by atoms with E-state index in [0.29, 0.717) is 10.6 Å². The van der Waals surface area contributed by atoms with Crippen molar-refractivity contribution < 1.29 is 19.4 Å². The third kappa shape index (κ3) is 2.82. The van der Waals surface area contributed by atoms with Gasteiger partial charge in [-0.25, -0.2) is 14.2 Å². The van der Waals surface area contributed by atoms with Crippen molar-refractivity contribution in [3.05, 3.63) is 40.3 Å². The van der Waals surface area contributed by atoms with Gasteiger partial charge < -0.3 is 10.2 Å². The predicted octanol–water partition coefficient (Wildman–Crippen LogP) is 4.09. The van der Waals surface area contributed by atoms with Crippen LogP contribution < -0.4 is 0 Å². The number of aromatic carboxylic acids is 1. The number of halogens is 1. The fourth-order valence-corrected chi connectivity index (χ4v) is 3.90. The van der Waals surface area contributed by atoms with Crippen LogP contribution in [-0.2, 0) is 0 Å². The van der Waals surface area contributed by atoms with Crippen LogP contribution in [0.5, 0.6) is 5.75 Å². The molecule has 2 aromatic heterocycles. The van der Waals surface area contributed by atoms with Gasteiger partial charge in [-0.1, -0.05) is 0 Å². The quantitative estimate of drug-likeness (QED) is 0.743. The molecule has 0 amide bonds. The van der Waals surface area contributed by atoms with Crippen LogP contribution in [0.3, 0.4) is 0 Å². The Bertz CT molecular complexity index is 918. The maximum absolute atomic E-state index is 14.2. The molecular weight excluding hydrogens is 339 g/mol. The molecule has 0 saturated carbocycles. The SMILES string of the molecule is Cc1nc(C)c(-c2cc(-c3cc(O)c(C(=O)O)cc3F)sn2)s1. The smallest absolute Gasteiger partial charge is 0.339 e. The van der Waals surface area contributed by atoms with Crippen LogP contribution in [0.25, 0.3) is 21.0 Å². The Morgan fingerprint density at radius 3 is 2.61 bits per heavy atom. The first kappa shape index (κ1) is 15.6. The van der Waals surface area contributed by atoms with Crippen LogP contribution in [0.15, 0.2) is 18.2 Å². The maximum atomic E-state index is 14.2. The highest BCUT2D eigenvalue weighted by Crippen LogP contribution is 2.37. The van der Waals surface area contributed by atoms with E-state index in [4.69, 9.17) is 5.11 Å². The van der Waals surface area contributed by atoms with Crippen molar-refractivity contribution in [2.75, 3.05) is 0 Å². The second kappa shape index (κ2) is 5.71. The molecule has 2 heterocycles. The highest BCUT2D eigenvalue weighted by molar-refractivity contribution is 7.15. The molecule has 0 atom stereocenters. The molecule has 3 aromatic rings. The van der Waals surface area contributed by atoms with E-state index in [1.807, 2.05) is 13.8 Å². The Balaban J connectivity index is 2.06. The third-order valence-corrected chi connectivity index (χ3v) is 5.15. The number of carbonyl (C=O) groups is 1. The van der Waals surface area contributed by atoms with Gasteiger partial charge in [0.15, 0.2) is 0 Å². The molecule has 0 saturated heterocycles. The van der Waals surface area contributed by atoms with Gasteiger partial charge in [-0.2, -0.15) is 4.37 Å². The van der Waals surface area contributed by atoms with Crippen molar-refractivity contribution >= 4 is 28.8 Å². The topological polar surface area (TPSA) is 83.3 Å². The lowest BCUT2D eigenvalue weighted by Gasteiger charge is -2.04. The zero-order valence-electron chi connectivity index (χ0n) is 12.1. The Morgan fingerprint density at radius 2 is 2.00 bits per heavy atom. The molecule has 0 aliphatic rings. The van der Waals surface area contributed by atoms with E-state index in [1.54, 1.807) is 6.07 Å². The zero-order chi connectivity index (χ0) is 16.7. The van der Waals surface area contributed by atoms with Gasteiger partial charge in [0.2, 0.25) is 0 Å². The highest BCUT2D eigenvalue weighted by Gasteiger charge is 2.18. The average Bonchev–Trinajstić information content (AvgIpc) is 3.07. The molecule has 0 unspecified atom stereocenters. The number of carboxylic acid groups (broad SMARTS) is 1. The summed E-state index contributed by atoms with van der Waals surface area (Å²) in [5, 5.41) is 19.6. The van der Waals surface area contributed by atoms with Crippen LogP contribution in [0.2, 0.25) is 0 Å². The summed E-state index contributed by atoms with van der Waals surface area (Å²) in [6.07, 6.45) is 0. The van der Waals surface area contributed by atoms with Gasteiger partial charge in [0.05, 0.1) is 26.1 Å². The number of benzene rings is 1. The summed E-state index contributed by atoms with van der Waals surface area (Å²) < 4.78 is 18.5. The summed E-state index contributed by atoms with van der Waals surface area (Å²) in [7, 11) is 0. The molecular formula is C15H11FN2O3S2. The predicted molar refractivity (Wildman–Crippen MR) is 86.7 cm³/mol. The van der Waals surface area contributed by atoms with Crippen molar-refractivity contribution in [1.82, 2.24) is 9.36 Å². The Hall–Kier alpha value is -2.32. The normalized spacial score (nSPS) is 10.9. The second-order valence-electron chi connectivity index (χ2n) is 4.88. The molecule has 0 fully saturated rings. The van der Waals surface area contributed by atoms with Crippen LogP contribution in [-0.4, -0.2) is 25.5 Å². The number of hydrogen-bond donors (Lipinski definition) is 2. The molecule has 5 nitrogen and oxygen atoms in total. The largest absolute Gasteiger partial charge is 0.507 e. The minimum atomic E-state index is -1.38. The van der Waals surface area contributed by atoms with Crippen LogP contribution in [0, 0.1) is 19.7 Å². The Labute approximate surface area is 138 Å². The van der Waals surface area contributed by atoms with Crippen molar-refractivity contribution in [3.63, 3.8) is 0 Å². The van der Waals surface area contributed by atoms with Crippen LogP contribution >= 0.6 is 22.9 Å². The summed E-state index contributed by atoms with van der Waals surface area (Å²) in [6, 6.07) is 3.64. The first-order valence-corrected chi connectivity index (χ1v) is 8.13. The number of hydrogen-bond acceptors (Lipinski definition) is 6. The van der Waals surface area contributed by atoms with E-state index in [0.717, 1.165) is 39.2 Å². The van der Waals surface area contributed by atoms with Crippen molar-refractivity contribution in [2.45, 2.75) is 13.8 Å². The monoisotopic (exact) mass is 350 g/mol. The van der Waals surface area contributed by atoms with E-state index in [2.05, 4.69) is 9.36 Å². The molecule has 23 heavy (non-hydrogen) atoms. The van der Waals surface area contributed by atoms with E-state index >= 15 is 0 Å². The molecule has 1 aromatic carbocycles. The summed E-state index contributed by atoms with van der Waals surface area (Å²) in [5.74, 6) is -2.57. The van der Waals surface area contributed by atoms with Gasteiger partial charge >= 0.3 is 5.97 Å². The number of aryl methyl sites for hydroxylation is 2. The highest BCUT2D eigenvalue weighted by atomic mass is 32.1. The first-order chi connectivity index (χ1) is 10.9. The van der Waals surface area contributed by atoms with Gasteiger partial charge in [-0.3, -0.25) is 0 Å². The number of rotatable bonds is 3. The third-order valence-electron chi connectivity index (χ3n) is 3.23. The van der Waals surface area contributed by atoms with Gasteiger partial charge in [-0.05, 0) is 43.6 Å². The molecule has 8 heteroatoms. The molecule has 2 N–H and O–H groups in total. The molecule has 0 bridgehead atoms. The first-order valence-electron chi connectivity index (χ1n) is 6.54. The number of thiazole rings is 1. The number of aromatic nitrogens is 2. The summed E-state index contributed by atoms with van der Waals surface area (Å²) >= 11 is 2.58. The number of carboxylic acids is 1. The van der Waals surface area contributed by atoms with Gasteiger partial charge in [0.25, 0.3) is 0 Å². The fourth-order valence-electron chi connectivity index (χ4n) is 2.20. The molecule has 118 valence electrons.